The number of benzene rings is 2. The summed E-state index contributed by atoms with van der Waals surface area (Å²) in [6, 6.07) is 17.2. The summed E-state index contributed by atoms with van der Waals surface area (Å²) in [5, 5.41) is 10.4. The number of halogens is 1. The van der Waals surface area contributed by atoms with E-state index in [1.165, 1.54) is 5.56 Å². The minimum Gasteiger partial charge on any atom is -0.358 e. The molecule has 198 valence electrons. The van der Waals surface area contributed by atoms with Crippen molar-refractivity contribution in [1.82, 2.24) is 24.8 Å². The third-order valence-electron chi connectivity index (χ3n) is 6.08. The lowest BCUT2D eigenvalue weighted by Gasteiger charge is -2.21. The van der Waals surface area contributed by atoms with E-state index in [1.807, 2.05) is 67.7 Å². The van der Waals surface area contributed by atoms with Crippen LogP contribution in [0.1, 0.15) is 43.4 Å². The largest absolute Gasteiger partial charge is 0.358 e. The highest BCUT2D eigenvalue weighted by Crippen LogP contribution is 2.19. The summed E-state index contributed by atoms with van der Waals surface area (Å²) in [5.74, 6) is 2.02. The second-order valence-corrected chi connectivity index (χ2v) is 10.2. The second-order valence-electron chi connectivity index (χ2n) is 9.76. The van der Waals surface area contributed by atoms with Gasteiger partial charge in [0.25, 0.3) is 0 Å². The van der Waals surface area contributed by atoms with Gasteiger partial charge >= 0.3 is 0 Å². The Hall–Kier alpha value is -3.91. The molecule has 0 fully saturated rings. The number of anilines is 2. The van der Waals surface area contributed by atoms with Gasteiger partial charge in [-0.1, -0.05) is 67.4 Å². The zero-order valence-corrected chi connectivity index (χ0v) is 22.7. The molecule has 1 amide bonds. The fraction of sp³-hybridized carbons (Fsp3) is 0.310. The normalized spacial score (nSPS) is 11.8. The zero-order valence-electron chi connectivity index (χ0n) is 22.0. The molecule has 3 N–H and O–H groups in total. The third kappa shape index (κ3) is 8.05. The first-order chi connectivity index (χ1) is 18.4. The lowest BCUT2D eigenvalue weighted by atomic mass is 10.0. The van der Waals surface area contributed by atoms with Gasteiger partial charge in [-0.3, -0.25) is 9.36 Å². The standard InChI is InChI=1S/C29H34ClN7O/c1-20(2)7-12-25(28(38)32-17-22-10-8-21(3)9-11-22)34-26-16-27(37-14-13-31-19-37)36-29(35-26)33-18-23-5-4-6-24(30)15-23/h4-6,8-11,13-16,19-20,25H,7,12,17-18H2,1-3H3,(H,32,38)(H2,33,34,35,36)/t25-/m1/s1. The number of carbonyl (C=O) groups excluding carboxylic acids is 1. The van der Waals surface area contributed by atoms with E-state index in [4.69, 9.17) is 11.6 Å². The minimum atomic E-state index is -0.450. The molecule has 0 unspecified atom stereocenters. The number of imidazole rings is 1. The Morgan fingerprint density at radius 3 is 2.53 bits per heavy atom. The van der Waals surface area contributed by atoms with Crippen molar-refractivity contribution in [1.29, 1.82) is 0 Å². The van der Waals surface area contributed by atoms with Crippen LogP contribution in [0, 0.1) is 12.8 Å². The van der Waals surface area contributed by atoms with Gasteiger partial charge < -0.3 is 16.0 Å². The van der Waals surface area contributed by atoms with Crippen molar-refractivity contribution in [2.24, 2.45) is 5.92 Å². The van der Waals surface area contributed by atoms with Crippen molar-refractivity contribution in [3.63, 3.8) is 0 Å². The van der Waals surface area contributed by atoms with Gasteiger partial charge in [0, 0.05) is 36.6 Å². The van der Waals surface area contributed by atoms with Gasteiger partial charge in [0.15, 0.2) is 0 Å². The summed E-state index contributed by atoms with van der Waals surface area (Å²) in [5.41, 5.74) is 3.26. The maximum Gasteiger partial charge on any atom is 0.242 e. The number of amides is 1. The Balaban J connectivity index is 1.53. The molecule has 0 aliphatic rings. The Labute approximate surface area is 228 Å². The summed E-state index contributed by atoms with van der Waals surface area (Å²) in [6.07, 6.45) is 6.76. The van der Waals surface area contributed by atoms with Gasteiger partial charge in [-0.15, -0.1) is 0 Å². The molecule has 38 heavy (non-hydrogen) atoms. The molecule has 0 spiro atoms. The number of nitrogens with one attached hydrogen (secondary N) is 3. The summed E-state index contributed by atoms with van der Waals surface area (Å²) >= 11 is 6.14. The van der Waals surface area contributed by atoms with Crippen LogP contribution in [0.4, 0.5) is 11.8 Å². The fourth-order valence-corrected chi connectivity index (χ4v) is 4.12. The lowest BCUT2D eigenvalue weighted by Crippen LogP contribution is -2.39. The van der Waals surface area contributed by atoms with E-state index in [-0.39, 0.29) is 5.91 Å². The number of aromatic nitrogens is 4. The van der Waals surface area contributed by atoms with Crippen molar-refractivity contribution >= 4 is 29.3 Å². The van der Waals surface area contributed by atoms with E-state index in [0.29, 0.717) is 48.0 Å². The summed E-state index contributed by atoms with van der Waals surface area (Å²) < 4.78 is 1.80. The van der Waals surface area contributed by atoms with Gasteiger partial charge in [-0.2, -0.15) is 9.97 Å². The quantitative estimate of drug-likeness (QED) is 0.215. The summed E-state index contributed by atoms with van der Waals surface area (Å²) in [4.78, 5) is 26.7. The number of hydrogen-bond acceptors (Lipinski definition) is 6. The molecule has 0 radical (unpaired) electrons. The van der Waals surface area contributed by atoms with Crippen molar-refractivity contribution in [2.45, 2.75) is 52.7 Å². The number of rotatable bonds is 12. The van der Waals surface area contributed by atoms with E-state index >= 15 is 0 Å². The van der Waals surface area contributed by atoms with E-state index in [2.05, 4.69) is 44.7 Å². The molecular weight excluding hydrogens is 498 g/mol. The van der Waals surface area contributed by atoms with Gasteiger partial charge in [-0.05, 0) is 48.9 Å². The highest BCUT2D eigenvalue weighted by molar-refractivity contribution is 6.30. The van der Waals surface area contributed by atoms with Gasteiger partial charge in [0.1, 0.15) is 24.0 Å². The molecule has 0 saturated heterocycles. The molecule has 2 aromatic heterocycles. The number of aryl methyl sites for hydroxylation is 1. The Morgan fingerprint density at radius 2 is 1.82 bits per heavy atom. The van der Waals surface area contributed by atoms with Crippen LogP contribution >= 0.6 is 11.6 Å². The molecule has 9 heteroatoms. The van der Waals surface area contributed by atoms with Crippen LogP contribution in [0.15, 0.2) is 73.3 Å². The highest BCUT2D eigenvalue weighted by atomic mass is 35.5. The maximum absolute atomic E-state index is 13.3. The molecule has 4 rings (SSSR count). The van der Waals surface area contributed by atoms with Gasteiger partial charge in [0.2, 0.25) is 11.9 Å². The van der Waals surface area contributed by atoms with Crippen LogP contribution in [0.2, 0.25) is 5.02 Å². The van der Waals surface area contributed by atoms with E-state index < -0.39 is 6.04 Å². The maximum atomic E-state index is 13.3. The van der Waals surface area contributed by atoms with E-state index in [0.717, 1.165) is 17.5 Å². The van der Waals surface area contributed by atoms with Crippen LogP contribution in [0.3, 0.4) is 0 Å². The summed E-state index contributed by atoms with van der Waals surface area (Å²) in [7, 11) is 0. The van der Waals surface area contributed by atoms with Crippen molar-refractivity contribution in [3.05, 3.63) is 95.0 Å². The molecule has 8 nitrogen and oxygen atoms in total. The molecule has 0 aliphatic carbocycles. The monoisotopic (exact) mass is 531 g/mol. The Bertz CT molecular complexity index is 1320. The molecule has 1 atom stereocenters. The SMILES string of the molecule is Cc1ccc(CNC(=O)[C@@H](CCC(C)C)Nc2cc(-n3ccnc3)nc(NCc3cccc(Cl)c3)n2)cc1. The first kappa shape index (κ1) is 27.1. The van der Waals surface area contributed by atoms with Crippen LogP contribution in [-0.2, 0) is 17.9 Å². The Morgan fingerprint density at radius 1 is 1.00 bits per heavy atom. The molecule has 2 aromatic carbocycles. The first-order valence-electron chi connectivity index (χ1n) is 12.8. The molecule has 0 bridgehead atoms. The third-order valence-corrected chi connectivity index (χ3v) is 6.31. The van der Waals surface area contributed by atoms with Crippen LogP contribution in [0.25, 0.3) is 5.82 Å². The minimum absolute atomic E-state index is 0.0672. The van der Waals surface area contributed by atoms with Crippen LogP contribution < -0.4 is 16.0 Å². The zero-order chi connectivity index (χ0) is 26.9. The van der Waals surface area contributed by atoms with E-state index in [1.54, 1.807) is 17.1 Å². The molecular formula is C29H34ClN7O. The number of nitrogens with zero attached hydrogens (tertiary/aromatic N) is 4. The number of hydrogen-bond donors (Lipinski definition) is 3. The van der Waals surface area contributed by atoms with Gasteiger partial charge in [0.05, 0.1) is 0 Å². The molecule has 0 aliphatic heterocycles. The van der Waals surface area contributed by atoms with Crippen LogP contribution in [0.5, 0.6) is 0 Å². The highest BCUT2D eigenvalue weighted by Gasteiger charge is 2.20. The predicted octanol–water partition coefficient (Wildman–Crippen LogP) is 5.77. The summed E-state index contributed by atoms with van der Waals surface area (Å²) in [6.45, 7) is 7.32. The van der Waals surface area contributed by atoms with Crippen molar-refractivity contribution in [2.75, 3.05) is 10.6 Å². The predicted molar refractivity (Wildman–Crippen MR) is 152 cm³/mol. The van der Waals surface area contributed by atoms with E-state index in [9.17, 15) is 4.79 Å². The van der Waals surface area contributed by atoms with Crippen LogP contribution in [-0.4, -0.2) is 31.5 Å². The molecule has 2 heterocycles. The van der Waals surface area contributed by atoms with Gasteiger partial charge in [-0.25, -0.2) is 4.98 Å². The average molecular weight is 532 g/mol. The van der Waals surface area contributed by atoms with Crippen molar-refractivity contribution < 1.29 is 4.79 Å². The lowest BCUT2D eigenvalue weighted by molar-refractivity contribution is -0.122. The molecule has 4 aromatic rings. The van der Waals surface area contributed by atoms with Crippen molar-refractivity contribution in [3.8, 4) is 5.82 Å². The molecule has 0 saturated carbocycles. The Kier molecular flexibility index (Phi) is 9.32. The second kappa shape index (κ2) is 13.1. The smallest absolute Gasteiger partial charge is 0.242 e. The topological polar surface area (TPSA) is 96.8 Å². The first-order valence-corrected chi connectivity index (χ1v) is 13.2. The average Bonchev–Trinajstić information content (AvgIpc) is 3.44. The fourth-order valence-electron chi connectivity index (χ4n) is 3.91. The number of carbonyl (C=O) groups is 1.